The van der Waals surface area contributed by atoms with Crippen LogP contribution < -0.4 is 16.8 Å². The average Bonchev–Trinajstić information content (AvgIpc) is 3.39. The number of imidazole rings is 1. The maximum atomic E-state index is 12.4. The number of hydrogen-bond acceptors (Lipinski definition) is 6. The molecule has 10 heteroatoms. The molecule has 0 aliphatic rings. The molecule has 9 nitrogen and oxygen atoms in total. The zero-order valence-electron chi connectivity index (χ0n) is 15.2. The van der Waals surface area contributed by atoms with Crippen molar-refractivity contribution in [1.82, 2.24) is 24.2 Å². The van der Waals surface area contributed by atoms with E-state index in [9.17, 15) is 14.4 Å². The summed E-state index contributed by atoms with van der Waals surface area (Å²) in [5.41, 5.74) is 1.70. The van der Waals surface area contributed by atoms with Crippen molar-refractivity contribution in [3.05, 3.63) is 62.3 Å². The molecule has 0 radical (unpaired) electrons. The number of benzene rings is 1. The van der Waals surface area contributed by atoms with Crippen LogP contribution in [0.3, 0.4) is 0 Å². The number of nitrogens with one attached hydrogen (secondary N) is 1. The largest absolute Gasteiger partial charge is 0.437 e. The molecule has 0 saturated carbocycles. The van der Waals surface area contributed by atoms with Crippen molar-refractivity contribution in [3.8, 4) is 10.8 Å². The van der Waals surface area contributed by atoms with E-state index in [0.29, 0.717) is 11.1 Å². The lowest BCUT2D eigenvalue weighted by atomic mass is 10.2. The summed E-state index contributed by atoms with van der Waals surface area (Å²) < 4.78 is 9.34. The lowest BCUT2D eigenvalue weighted by Crippen LogP contribution is -2.30. The van der Waals surface area contributed by atoms with Crippen LogP contribution in [0.2, 0.25) is 0 Å². The molecule has 144 valence electrons. The topological polar surface area (TPSA) is 104 Å². The predicted molar refractivity (Wildman–Crippen MR) is 105 cm³/mol. The van der Waals surface area contributed by atoms with Crippen LogP contribution in [0.4, 0.5) is 0 Å². The fraction of sp³-hybridized carbons (Fsp3) is 0.222. The first kappa shape index (κ1) is 18.0. The van der Waals surface area contributed by atoms with Gasteiger partial charge in [0.15, 0.2) is 0 Å². The van der Waals surface area contributed by atoms with Crippen molar-refractivity contribution in [1.29, 1.82) is 0 Å². The van der Waals surface area contributed by atoms with E-state index in [-0.39, 0.29) is 30.6 Å². The van der Waals surface area contributed by atoms with Crippen LogP contribution in [0.5, 0.6) is 0 Å². The molecule has 0 fully saturated rings. The van der Waals surface area contributed by atoms with Gasteiger partial charge < -0.3 is 9.73 Å². The van der Waals surface area contributed by atoms with Gasteiger partial charge in [0.05, 0.1) is 22.5 Å². The summed E-state index contributed by atoms with van der Waals surface area (Å²) in [5, 5.41) is 8.76. The highest BCUT2D eigenvalue weighted by atomic mass is 32.1. The second-order valence-corrected chi connectivity index (χ2v) is 7.18. The third kappa shape index (κ3) is 3.07. The fourth-order valence-electron chi connectivity index (χ4n) is 2.97. The molecule has 1 amide bonds. The maximum absolute atomic E-state index is 12.4. The van der Waals surface area contributed by atoms with Crippen molar-refractivity contribution < 1.29 is 9.21 Å². The molecule has 0 unspecified atom stereocenters. The van der Waals surface area contributed by atoms with E-state index < -0.39 is 5.76 Å². The minimum atomic E-state index is -0.571. The number of hydrogen-bond donors (Lipinski definition) is 1. The molecule has 0 bridgehead atoms. The van der Waals surface area contributed by atoms with Gasteiger partial charge >= 0.3 is 11.4 Å². The van der Waals surface area contributed by atoms with Gasteiger partial charge in [0.1, 0.15) is 0 Å². The van der Waals surface area contributed by atoms with Crippen molar-refractivity contribution in [2.24, 2.45) is 14.1 Å². The number of rotatable bonds is 5. The Morgan fingerprint density at radius 3 is 2.71 bits per heavy atom. The first-order valence-electron chi connectivity index (χ1n) is 8.51. The third-order valence-electron chi connectivity index (χ3n) is 4.48. The number of aryl methyl sites for hydroxylation is 2. The maximum Gasteiger partial charge on any atom is 0.437 e. The molecule has 0 spiro atoms. The van der Waals surface area contributed by atoms with E-state index in [2.05, 4.69) is 10.4 Å². The second-order valence-electron chi connectivity index (χ2n) is 6.23. The normalized spacial score (nSPS) is 11.2. The zero-order chi connectivity index (χ0) is 19.8. The van der Waals surface area contributed by atoms with Gasteiger partial charge in [0.2, 0.25) is 0 Å². The molecule has 1 aromatic carbocycles. The summed E-state index contributed by atoms with van der Waals surface area (Å²) >= 11 is 1.42. The van der Waals surface area contributed by atoms with Crippen molar-refractivity contribution in [3.63, 3.8) is 0 Å². The SMILES string of the molecule is Cn1c(=O)n(C)c2cc(C(=O)NCCn3nc(-c4cccs4)oc3=O)ccc21. The molecule has 3 aromatic heterocycles. The molecule has 4 rings (SSSR count). The van der Waals surface area contributed by atoms with Gasteiger partial charge in [-0.15, -0.1) is 16.4 Å². The molecule has 3 heterocycles. The van der Waals surface area contributed by atoms with Gasteiger partial charge in [-0.25, -0.2) is 9.59 Å². The van der Waals surface area contributed by atoms with Gasteiger partial charge in [-0.05, 0) is 29.6 Å². The van der Waals surface area contributed by atoms with Crippen LogP contribution in [-0.2, 0) is 20.6 Å². The zero-order valence-corrected chi connectivity index (χ0v) is 16.0. The Labute approximate surface area is 162 Å². The van der Waals surface area contributed by atoms with Crippen LogP contribution in [0.25, 0.3) is 21.8 Å². The number of carbonyl (C=O) groups excluding carboxylic acids is 1. The quantitative estimate of drug-likeness (QED) is 0.543. The standard InChI is InChI=1S/C18H17N5O4S/c1-21-12-6-5-11(10-13(12)22(2)17(21)25)15(24)19-7-8-23-18(26)27-16(20-23)14-4-3-9-28-14/h3-6,9-10H,7-8H2,1-2H3,(H,19,24). The minimum Gasteiger partial charge on any atom is -0.387 e. The highest BCUT2D eigenvalue weighted by molar-refractivity contribution is 7.13. The third-order valence-corrected chi connectivity index (χ3v) is 5.34. The van der Waals surface area contributed by atoms with Crippen LogP contribution in [0.1, 0.15) is 10.4 Å². The Bertz CT molecular complexity index is 1280. The summed E-state index contributed by atoms with van der Waals surface area (Å²) in [7, 11) is 3.35. The summed E-state index contributed by atoms with van der Waals surface area (Å²) in [6, 6.07) is 8.73. The molecule has 0 aliphatic heterocycles. The summed E-state index contributed by atoms with van der Waals surface area (Å²) in [6.45, 7) is 0.395. The molecular weight excluding hydrogens is 382 g/mol. The van der Waals surface area contributed by atoms with Crippen LogP contribution in [-0.4, -0.2) is 31.4 Å². The lowest BCUT2D eigenvalue weighted by molar-refractivity contribution is 0.0951. The molecule has 28 heavy (non-hydrogen) atoms. The van der Waals surface area contributed by atoms with Crippen LogP contribution in [0.15, 0.2) is 49.7 Å². The van der Waals surface area contributed by atoms with Gasteiger partial charge in [-0.3, -0.25) is 13.9 Å². The number of carbonyl (C=O) groups is 1. The van der Waals surface area contributed by atoms with E-state index in [0.717, 1.165) is 10.4 Å². The number of thiophene rings is 1. The van der Waals surface area contributed by atoms with Gasteiger partial charge in [0.25, 0.3) is 11.8 Å². The van der Waals surface area contributed by atoms with E-state index >= 15 is 0 Å². The van der Waals surface area contributed by atoms with E-state index in [1.165, 1.54) is 25.2 Å². The van der Waals surface area contributed by atoms with Gasteiger partial charge in [0, 0.05) is 26.2 Å². The summed E-state index contributed by atoms with van der Waals surface area (Å²) in [5.74, 6) is -0.603. The molecule has 4 aromatic rings. The fourth-order valence-corrected chi connectivity index (χ4v) is 3.62. The first-order valence-corrected chi connectivity index (χ1v) is 9.39. The summed E-state index contributed by atoms with van der Waals surface area (Å²) in [4.78, 5) is 37.1. The van der Waals surface area contributed by atoms with E-state index in [1.54, 1.807) is 32.3 Å². The van der Waals surface area contributed by atoms with Crippen molar-refractivity contribution in [2.45, 2.75) is 6.54 Å². The predicted octanol–water partition coefficient (Wildman–Crippen LogP) is 1.19. The second kappa shape index (κ2) is 6.97. The Kier molecular flexibility index (Phi) is 4.47. The molecule has 1 N–H and O–H groups in total. The summed E-state index contributed by atoms with van der Waals surface area (Å²) in [6.07, 6.45) is 0. The first-order chi connectivity index (χ1) is 13.5. The number of aromatic nitrogens is 4. The van der Waals surface area contributed by atoms with Crippen molar-refractivity contribution in [2.75, 3.05) is 6.54 Å². The van der Waals surface area contributed by atoms with Crippen LogP contribution in [0, 0.1) is 0 Å². The average molecular weight is 399 g/mol. The number of fused-ring (bicyclic) bond motifs is 1. The Hall–Kier alpha value is -3.40. The molecule has 0 saturated heterocycles. The Balaban J connectivity index is 1.45. The van der Waals surface area contributed by atoms with E-state index in [4.69, 9.17) is 4.42 Å². The molecule has 0 atom stereocenters. The minimum absolute atomic E-state index is 0.153. The number of amides is 1. The van der Waals surface area contributed by atoms with Gasteiger partial charge in [-0.1, -0.05) is 6.07 Å². The Morgan fingerprint density at radius 1 is 1.18 bits per heavy atom. The molecular formula is C18H17N5O4S. The van der Waals surface area contributed by atoms with E-state index in [1.807, 2.05) is 17.5 Å². The highest BCUT2D eigenvalue weighted by Gasteiger charge is 2.13. The smallest absolute Gasteiger partial charge is 0.387 e. The monoisotopic (exact) mass is 399 g/mol. The van der Waals surface area contributed by atoms with Gasteiger partial charge in [-0.2, -0.15) is 4.68 Å². The van der Waals surface area contributed by atoms with Crippen LogP contribution >= 0.6 is 11.3 Å². The van der Waals surface area contributed by atoms with Crippen molar-refractivity contribution >= 4 is 28.3 Å². The Morgan fingerprint density at radius 2 is 1.96 bits per heavy atom. The highest BCUT2D eigenvalue weighted by Crippen LogP contribution is 2.21. The lowest BCUT2D eigenvalue weighted by Gasteiger charge is -2.05. The molecule has 0 aliphatic carbocycles. The number of nitrogens with zero attached hydrogens (tertiary/aromatic N) is 4.